The molecule has 0 saturated carbocycles. The molecule has 0 aliphatic heterocycles. The van der Waals surface area contributed by atoms with Crippen LogP contribution < -0.4 is 0 Å². The number of aliphatic hydroxyl groups excluding tert-OH is 1. The summed E-state index contributed by atoms with van der Waals surface area (Å²) in [6, 6.07) is 0. The van der Waals surface area contributed by atoms with E-state index in [-0.39, 0.29) is 6.61 Å². The minimum absolute atomic E-state index is 0.287. The van der Waals surface area contributed by atoms with E-state index in [2.05, 4.69) is 20.4 Å². The first-order valence-corrected chi connectivity index (χ1v) is 5.09. The van der Waals surface area contributed by atoms with Gasteiger partial charge in [-0.15, -0.1) is 0 Å². The van der Waals surface area contributed by atoms with Gasteiger partial charge in [0, 0.05) is 6.61 Å². The topological polar surface area (TPSA) is 20.2 Å². The molecular formula is C12H20O. The summed E-state index contributed by atoms with van der Waals surface area (Å²) in [6.45, 7) is 8.61. The molecule has 1 aliphatic carbocycles. The predicted molar refractivity (Wildman–Crippen MR) is 56.6 cm³/mol. The normalized spacial score (nSPS) is 23.5. The molecule has 1 atom stereocenters. The smallest absolute Gasteiger partial charge is 0.0468 e. The fourth-order valence-corrected chi connectivity index (χ4v) is 2.01. The van der Waals surface area contributed by atoms with E-state index < -0.39 is 0 Å². The van der Waals surface area contributed by atoms with Crippen molar-refractivity contribution in [1.82, 2.24) is 0 Å². The molecule has 0 amide bonds. The van der Waals surface area contributed by atoms with E-state index in [1.165, 1.54) is 29.6 Å². The van der Waals surface area contributed by atoms with Crippen LogP contribution in [-0.4, -0.2) is 11.7 Å². The highest BCUT2D eigenvalue weighted by Gasteiger charge is 2.18. The Bertz CT molecular complexity index is 225. The third-order valence-electron chi connectivity index (χ3n) is 3.07. The van der Waals surface area contributed by atoms with Crippen LogP contribution in [0, 0.1) is 5.92 Å². The summed E-state index contributed by atoms with van der Waals surface area (Å²) in [5.41, 5.74) is 4.25. The Morgan fingerprint density at radius 3 is 2.85 bits per heavy atom. The summed E-state index contributed by atoms with van der Waals surface area (Å²) >= 11 is 0. The van der Waals surface area contributed by atoms with Gasteiger partial charge in [0.25, 0.3) is 0 Å². The zero-order valence-electron chi connectivity index (χ0n) is 8.77. The molecule has 0 heterocycles. The second kappa shape index (κ2) is 4.61. The first kappa shape index (κ1) is 10.5. The Kier molecular flexibility index (Phi) is 3.73. The van der Waals surface area contributed by atoms with Crippen molar-refractivity contribution in [1.29, 1.82) is 0 Å². The zero-order chi connectivity index (χ0) is 9.84. The first-order chi connectivity index (χ1) is 6.15. The Labute approximate surface area is 81.2 Å². The molecule has 0 unspecified atom stereocenters. The van der Waals surface area contributed by atoms with Gasteiger partial charge in [0.15, 0.2) is 0 Å². The van der Waals surface area contributed by atoms with Gasteiger partial charge in [-0.1, -0.05) is 23.3 Å². The number of rotatable bonds is 3. The molecule has 1 heteroatoms. The van der Waals surface area contributed by atoms with Crippen molar-refractivity contribution in [3.8, 4) is 0 Å². The van der Waals surface area contributed by atoms with E-state index in [0.717, 1.165) is 12.8 Å². The maximum Gasteiger partial charge on any atom is 0.0468 e. The zero-order valence-corrected chi connectivity index (χ0v) is 8.77. The number of hydrogen-bond donors (Lipinski definition) is 1. The second-order valence-electron chi connectivity index (χ2n) is 4.14. The highest BCUT2D eigenvalue weighted by Crippen LogP contribution is 2.34. The van der Waals surface area contributed by atoms with E-state index in [1.54, 1.807) is 0 Å². The van der Waals surface area contributed by atoms with Gasteiger partial charge in [0.1, 0.15) is 0 Å². The lowest BCUT2D eigenvalue weighted by Crippen LogP contribution is -2.11. The third kappa shape index (κ3) is 2.70. The maximum absolute atomic E-state index is 8.90. The molecular weight excluding hydrogens is 160 g/mol. The molecule has 0 radical (unpaired) electrons. The summed E-state index contributed by atoms with van der Waals surface area (Å²) in [5, 5.41) is 8.90. The van der Waals surface area contributed by atoms with Crippen molar-refractivity contribution in [3.05, 3.63) is 23.3 Å². The van der Waals surface area contributed by atoms with Gasteiger partial charge in [-0.3, -0.25) is 0 Å². The van der Waals surface area contributed by atoms with Gasteiger partial charge >= 0.3 is 0 Å². The highest BCUT2D eigenvalue weighted by molar-refractivity contribution is 5.19. The summed E-state index contributed by atoms with van der Waals surface area (Å²) in [4.78, 5) is 0. The molecule has 0 aromatic heterocycles. The van der Waals surface area contributed by atoms with Crippen molar-refractivity contribution in [2.24, 2.45) is 5.92 Å². The van der Waals surface area contributed by atoms with Crippen LogP contribution in [-0.2, 0) is 0 Å². The van der Waals surface area contributed by atoms with Gasteiger partial charge in [0.05, 0.1) is 0 Å². The standard InChI is InChI=1S/C12H20O/c1-9(2)11-5-4-10(3)12(8-11)6-7-13/h11,13H,1,4-8H2,2-3H3/t11-/m1/s1. The van der Waals surface area contributed by atoms with Crippen LogP contribution in [0.15, 0.2) is 23.3 Å². The summed E-state index contributed by atoms with van der Waals surface area (Å²) < 4.78 is 0. The minimum Gasteiger partial charge on any atom is -0.396 e. The van der Waals surface area contributed by atoms with Crippen LogP contribution in [0.25, 0.3) is 0 Å². The van der Waals surface area contributed by atoms with Crippen LogP contribution >= 0.6 is 0 Å². The van der Waals surface area contributed by atoms with Crippen LogP contribution in [0.4, 0.5) is 0 Å². The van der Waals surface area contributed by atoms with E-state index in [1.807, 2.05) is 0 Å². The van der Waals surface area contributed by atoms with Crippen LogP contribution in [0.5, 0.6) is 0 Å². The molecule has 13 heavy (non-hydrogen) atoms. The number of allylic oxidation sites excluding steroid dienone is 2. The lowest BCUT2D eigenvalue weighted by molar-refractivity contribution is 0.294. The second-order valence-corrected chi connectivity index (χ2v) is 4.14. The molecule has 0 spiro atoms. The van der Waals surface area contributed by atoms with Crippen molar-refractivity contribution in [2.75, 3.05) is 6.61 Å². The fraction of sp³-hybridized carbons (Fsp3) is 0.667. The van der Waals surface area contributed by atoms with Crippen LogP contribution in [0.3, 0.4) is 0 Å². The van der Waals surface area contributed by atoms with Gasteiger partial charge < -0.3 is 5.11 Å². The SMILES string of the molecule is C=C(C)[C@@H]1CCC(C)=C(CCO)C1. The molecule has 1 nitrogen and oxygen atoms in total. The Morgan fingerprint density at radius 1 is 1.62 bits per heavy atom. The maximum atomic E-state index is 8.90. The van der Waals surface area contributed by atoms with Crippen molar-refractivity contribution >= 4 is 0 Å². The summed E-state index contributed by atoms with van der Waals surface area (Å²) in [6.07, 6.45) is 4.42. The fourth-order valence-electron chi connectivity index (χ4n) is 2.01. The molecule has 1 aliphatic rings. The Hall–Kier alpha value is -0.560. The average molecular weight is 180 g/mol. The summed E-state index contributed by atoms with van der Waals surface area (Å²) in [5.74, 6) is 0.658. The first-order valence-electron chi connectivity index (χ1n) is 5.09. The number of aliphatic hydroxyl groups is 1. The van der Waals surface area contributed by atoms with E-state index in [0.29, 0.717) is 5.92 Å². The largest absolute Gasteiger partial charge is 0.396 e. The molecule has 0 fully saturated rings. The number of hydrogen-bond acceptors (Lipinski definition) is 1. The molecule has 1 rings (SSSR count). The lowest BCUT2D eigenvalue weighted by atomic mass is 9.80. The van der Waals surface area contributed by atoms with E-state index >= 15 is 0 Å². The van der Waals surface area contributed by atoms with Crippen LogP contribution in [0.1, 0.15) is 39.5 Å². The van der Waals surface area contributed by atoms with Crippen molar-refractivity contribution < 1.29 is 5.11 Å². The van der Waals surface area contributed by atoms with E-state index in [9.17, 15) is 0 Å². The van der Waals surface area contributed by atoms with Crippen molar-refractivity contribution in [3.63, 3.8) is 0 Å². The Balaban J connectivity index is 2.64. The van der Waals surface area contributed by atoms with Crippen molar-refractivity contribution in [2.45, 2.75) is 39.5 Å². The van der Waals surface area contributed by atoms with Crippen LogP contribution in [0.2, 0.25) is 0 Å². The van der Waals surface area contributed by atoms with Gasteiger partial charge in [-0.05, 0) is 45.4 Å². The molecule has 74 valence electrons. The van der Waals surface area contributed by atoms with Gasteiger partial charge in [0.2, 0.25) is 0 Å². The van der Waals surface area contributed by atoms with E-state index in [4.69, 9.17) is 5.11 Å². The molecule has 0 saturated heterocycles. The molecule has 1 N–H and O–H groups in total. The highest BCUT2D eigenvalue weighted by atomic mass is 16.2. The van der Waals surface area contributed by atoms with Gasteiger partial charge in [-0.2, -0.15) is 0 Å². The Morgan fingerprint density at radius 2 is 2.31 bits per heavy atom. The minimum atomic E-state index is 0.287. The average Bonchev–Trinajstić information content (AvgIpc) is 2.08. The molecule has 0 aromatic carbocycles. The lowest BCUT2D eigenvalue weighted by Gasteiger charge is -2.26. The van der Waals surface area contributed by atoms with Gasteiger partial charge in [-0.25, -0.2) is 0 Å². The molecule has 0 bridgehead atoms. The quantitative estimate of drug-likeness (QED) is 0.662. The molecule has 0 aromatic rings. The predicted octanol–water partition coefficient (Wildman–Crippen LogP) is 3.06. The monoisotopic (exact) mass is 180 g/mol. The third-order valence-corrected chi connectivity index (χ3v) is 3.07. The summed E-state index contributed by atoms with van der Waals surface area (Å²) in [7, 11) is 0.